The summed E-state index contributed by atoms with van der Waals surface area (Å²) in [6, 6.07) is 4.05. The number of halogens is 2. The summed E-state index contributed by atoms with van der Waals surface area (Å²) < 4.78 is 0.404. The van der Waals surface area contributed by atoms with Crippen LogP contribution < -0.4 is 5.73 Å². The summed E-state index contributed by atoms with van der Waals surface area (Å²) in [5, 5.41) is 20.9. The number of aliphatic hydroxyl groups is 1. The van der Waals surface area contributed by atoms with Crippen molar-refractivity contribution in [2.24, 2.45) is 11.7 Å². The first kappa shape index (κ1) is 18.3. The second kappa shape index (κ2) is 7.79. The van der Waals surface area contributed by atoms with E-state index in [2.05, 4.69) is 15.9 Å². The van der Waals surface area contributed by atoms with E-state index in [1.807, 2.05) is 13.8 Å². The number of nitro groups is 1. The molecule has 1 aromatic rings. The Labute approximate surface area is 126 Å². The molecule has 3 atom stereocenters. The highest BCUT2D eigenvalue weighted by molar-refractivity contribution is 9.10. The third-order valence-corrected chi connectivity index (χ3v) is 3.82. The van der Waals surface area contributed by atoms with Crippen LogP contribution in [0, 0.1) is 16.0 Å². The summed E-state index contributed by atoms with van der Waals surface area (Å²) in [4.78, 5) is 10.4. The Hall–Kier alpha value is -0.690. The maximum Gasteiger partial charge on any atom is 0.283 e. The second-order valence-corrected chi connectivity index (χ2v) is 5.22. The summed E-state index contributed by atoms with van der Waals surface area (Å²) in [6.07, 6.45) is 0.0869. The highest BCUT2D eigenvalue weighted by atomic mass is 79.9. The van der Waals surface area contributed by atoms with E-state index in [0.717, 1.165) is 6.42 Å². The van der Waals surface area contributed by atoms with Gasteiger partial charge in [-0.3, -0.25) is 10.1 Å². The van der Waals surface area contributed by atoms with Crippen molar-refractivity contribution in [3.63, 3.8) is 0 Å². The zero-order chi connectivity index (χ0) is 13.9. The molecule has 0 aliphatic carbocycles. The molecule has 1 rings (SSSR count). The van der Waals surface area contributed by atoms with Gasteiger partial charge in [0.05, 0.1) is 21.5 Å². The van der Waals surface area contributed by atoms with E-state index >= 15 is 0 Å². The van der Waals surface area contributed by atoms with Crippen molar-refractivity contribution < 1.29 is 10.0 Å². The highest BCUT2D eigenvalue weighted by Gasteiger charge is 2.24. The lowest BCUT2D eigenvalue weighted by Gasteiger charge is -2.24. The van der Waals surface area contributed by atoms with Crippen molar-refractivity contribution in [3.05, 3.63) is 38.3 Å². The van der Waals surface area contributed by atoms with E-state index in [-0.39, 0.29) is 24.0 Å². The van der Waals surface area contributed by atoms with E-state index < -0.39 is 17.1 Å². The van der Waals surface area contributed by atoms with Gasteiger partial charge in [-0.05, 0) is 33.5 Å². The summed E-state index contributed by atoms with van der Waals surface area (Å²) in [6.45, 7) is 3.86. The fourth-order valence-electron chi connectivity index (χ4n) is 1.67. The molecule has 108 valence electrons. The third kappa shape index (κ3) is 4.42. The van der Waals surface area contributed by atoms with Crippen molar-refractivity contribution >= 4 is 34.0 Å². The first-order chi connectivity index (χ1) is 8.38. The van der Waals surface area contributed by atoms with Gasteiger partial charge in [0.15, 0.2) is 0 Å². The van der Waals surface area contributed by atoms with Crippen molar-refractivity contribution in [3.8, 4) is 0 Å². The largest absolute Gasteiger partial charge is 0.391 e. The van der Waals surface area contributed by atoms with Crippen molar-refractivity contribution in [1.29, 1.82) is 0 Å². The van der Waals surface area contributed by atoms with E-state index in [1.54, 1.807) is 12.1 Å². The van der Waals surface area contributed by atoms with E-state index in [0.29, 0.717) is 10.0 Å². The normalized spacial score (nSPS) is 15.2. The zero-order valence-electron chi connectivity index (χ0n) is 10.7. The monoisotopic (exact) mass is 352 g/mol. The molecule has 0 aromatic heterocycles. The maximum atomic E-state index is 10.8. The minimum absolute atomic E-state index is 0. The summed E-state index contributed by atoms with van der Waals surface area (Å²) in [7, 11) is 0. The Morgan fingerprint density at radius 2 is 2.11 bits per heavy atom. The van der Waals surface area contributed by atoms with Crippen LogP contribution in [0.3, 0.4) is 0 Å². The van der Waals surface area contributed by atoms with Crippen LogP contribution in [0.1, 0.15) is 31.9 Å². The molecular formula is C12H18BrClN2O3. The molecule has 1 aromatic carbocycles. The molecular weight excluding hydrogens is 336 g/mol. The Morgan fingerprint density at radius 1 is 1.53 bits per heavy atom. The molecule has 0 aliphatic heterocycles. The van der Waals surface area contributed by atoms with E-state index in [1.165, 1.54) is 6.07 Å². The molecule has 0 bridgehead atoms. The van der Waals surface area contributed by atoms with E-state index in [9.17, 15) is 15.2 Å². The fraction of sp³-hybridized carbons (Fsp3) is 0.500. The number of rotatable bonds is 5. The lowest BCUT2D eigenvalue weighted by molar-refractivity contribution is -0.385. The minimum Gasteiger partial charge on any atom is -0.391 e. The lowest BCUT2D eigenvalue weighted by Crippen LogP contribution is -2.31. The zero-order valence-corrected chi connectivity index (χ0v) is 13.1. The standard InChI is InChI=1S/C12H17BrN2O3.ClH/c1-3-7(2)12(16)11(14)8-4-5-9(13)10(6-8)15(17)18;/h4-7,11-12,16H,3,14H2,1-2H3;1H/t7?,11-,12+;/m1./s1. The predicted molar refractivity (Wildman–Crippen MR) is 80.4 cm³/mol. The number of hydrogen-bond acceptors (Lipinski definition) is 4. The molecule has 0 saturated carbocycles. The van der Waals surface area contributed by atoms with Crippen LogP contribution in [-0.4, -0.2) is 16.1 Å². The summed E-state index contributed by atoms with van der Waals surface area (Å²) in [5.41, 5.74) is 6.47. The molecule has 7 heteroatoms. The minimum atomic E-state index is -0.712. The van der Waals surface area contributed by atoms with Crippen molar-refractivity contribution in [2.75, 3.05) is 0 Å². The van der Waals surface area contributed by atoms with Gasteiger partial charge in [-0.15, -0.1) is 12.4 Å². The second-order valence-electron chi connectivity index (χ2n) is 4.37. The number of nitrogens with two attached hydrogens (primary N) is 1. The first-order valence-corrected chi connectivity index (χ1v) is 6.55. The molecule has 0 aliphatic rings. The summed E-state index contributed by atoms with van der Waals surface area (Å²) in [5.74, 6) is 0.0442. The molecule has 0 fully saturated rings. The van der Waals surface area contributed by atoms with Crippen LogP contribution in [0.2, 0.25) is 0 Å². The summed E-state index contributed by atoms with van der Waals surface area (Å²) >= 11 is 3.11. The SMILES string of the molecule is CCC(C)[C@H](O)[C@H](N)c1ccc(Br)c([N+](=O)[O-])c1.Cl. The smallest absolute Gasteiger partial charge is 0.283 e. The number of aliphatic hydroxyl groups excluding tert-OH is 1. The predicted octanol–water partition coefficient (Wildman–Crippen LogP) is 3.19. The number of hydrogen-bond donors (Lipinski definition) is 2. The average Bonchev–Trinajstić information content (AvgIpc) is 2.36. The fourth-order valence-corrected chi connectivity index (χ4v) is 2.06. The number of benzene rings is 1. The van der Waals surface area contributed by atoms with Gasteiger partial charge in [0.25, 0.3) is 5.69 Å². The van der Waals surface area contributed by atoms with E-state index in [4.69, 9.17) is 5.73 Å². The van der Waals surface area contributed by atoms with Gasteiger partial charge in [0.1, 0.15) is 0 Å². The van der Waals surface area contributed by atoms with Gasteiger partial charge >= 0.3 is 0 Å². The van der Waals surface area contributed by atoms with Gasteiger partial charge in [-0.2, -0.15) is 0 Å². The first-order valence-electron chi connectivity index (χ1n) is 5.76. The molecule has 19 heavy (non-hydrogen) atoms. The molecule has 0 amide bonds. The lowest BCUT2D eigenvalue weighted by atomic mass is 9.91. The molecule has 3 N–H and O–H groups in total. The molecule has 0 heterocycles. The van der Waals surface area contributed by atoms with Gasteiger partial charge < -0.3 is 10.8 Å². The van der Waals surface area contributed by atoms with Crippen molar-refractivity contribution in [2.45, 2.75) is 32.4 Å². The highest BCUT2D eigenvalue weighted by Crippen LogP contribution is 2.30. The van der Waals surface area contributed by atoms with Gasteiger partial charge in [-0.25, -0.2) is 0 Å². The molecule has 1 unspecified atom stereocenters. The average molecular weight is 354 g/mol. The van der Waals surface area contributed by atoms with Gasteiger partial charge in [0.2, 0.25) is 0 Å². The molecule has 5 nitrogen and oxygen atoms in total. The van der Waals surface area contributed by atoms with Crippen molar-refractivity contribution in [1.82, 2.24) is 0 Å². The molecule has 0 saturated heterocycles. The van der Waals surface area contributed by atoms with Crippen LogP contribution in [0.5, 0.6) is 0 Å². The topological polar surface area (TPSA) is 89.4 Å². The van der Waals surface area contributed by atoms with Crippen LogP contribution in [0.15, 0.2) is 22.7 Å². The maximum absolute atomic E-state index is 10.8. The quantitative estimate of drug-likeness (QED) is 0.628. The van der Waals surface area contributed by atoms with Crippen LogP contribution in [0.25, 0.3) is 0 Å². The van der Waals surface area contributed by atoms with Gasteiger partial charge in [-0.1, -0.05) is 26.3 Å². The van der Waals surface area contributed by atoms with Gasteiger partial charge in [0, 0.05) is 6.07 Å². The third-order valence-electron chi connectivity index (χ3n) is 3.15. The van der Waals surface area contributed by atoms with Crippen LogP contribution in [-0.2, 0) is 0 Å². The van der Waals surface area contributed by atoms with Crippen LogP contribution >= 0.6 is 28.3 Å². The Kier molecular flexibility index (Phi) is 7.51. The Morgan fingerprint density at radius 3 is 2.58 bits per heavy atom. The van der Waals surface area contributed by atoms with Crippen LogP contribution in [0.4, 0.5) is 5.69 Å². The molecule has 0 spiro atoms. The number of nitro benzene ring substituents is 1. The molecule has 0 radical (unpaired) electrons. The Balaban J connectivity index is 0.00000324. The number of nitrogens with zero attached hydrogens (tertiary/aromatic N) is 1. The Bertz CT molecular complexity index is 445.